The molecule has 0 aliphatic carbocycles. The third kappa shape index (κ3) is 2.54. The summed E-state index contributed by atoms with van der Waals surface area (Å²) in [4.78, 5) is 6.45. The Balaban J connectivity index is 2.55. The quantitative estimate of drug-likeness (QED) is 0.863. The first-order valence-electron chi connectivity index (χ1n) is 5.78. The van der Waals surface area contributed by atoms with Crippen LogP contribution in [0.25, 0.3) is 10.8 Å². The van der Waals surface area contributed by atoms with Crippen molar-refractivity contribution in [2.24, 2.45) is 0 Å². The molecule has 0 unspecified atom stereocenters. The van der Waals surface area contributed by atoms with E-state index in [9.17, 15) is 0 Å². The van der Waals surface area contributed by atoms with E-state index in [4.69, 9.17) is 5.11 Å². The smallest absolute Gasteiger partial charge is 0.136 e. The number of benzene rings is 1. The molecular weight excluding hydrogens is 292 g/mol. The van der Waals surface area contributed by atoms with Crippen LogP contribution in [0.5, 0.6) is 0 Å². The van der Waals surface area contributed by atoms with Crippen molar-refractivity contribution in [1.29, 1.82) is 0 Å². The summed E-state index contributed by atoms with van der Waals surface area (Å²) in [7, 11) is 0. The van der Waals surface area contributed by atoms with Crippen LogP contribution in [0.2, 0.25) is 0 Å². The van der Waals surface area contributed by atoms with Gasteiger partial charge in [0.1, 0.15) is 5.82 Å². The topological polar surface area (TPSA) is 36.4 Å². The minimum atomic E-state index is 0.0971. The van der Waals surface area contributed by atoms with Gasteiger partial charge in [-0.1, -0.05) is 34.1 Å². The molecule has 0 amide bonds. The molecule has 0 aliphatic heterocycles. The summed E-state index contributed by atoms with van der Waals surface area (Å²) < 4.78 is 1.05. The van der Waals surface area contributed by atoms with Crippen molar-refractivity contribution < 1.29 is 5.11 Å². The number of fused-ring (bicyclic) bond motifs is 1. The number of aliphatic hydroxyl groups is 1. The largest absolute Gasteiger partial charge is 0.395 e. The van der Waals surface area contributed by atoms with Gasteiger partial charge in [0, 0.05) is 34.5 Å². The molecule has 0 saturated heterocycles. The predicted molar refractivity (Wildman–Crippen MR) is 78.9 cm³/mol. The summed E-state index contributed by atoms with van der Waals surface area (Å²) in [6.45, 7) is 5.05. The summed E-state index contributed by atoms with van der Waals surface area (Å²) in [5, 5.41) is 11.3. The average Bonchev–Trinajstić information content (AvgIpc) is 2.38. The molecule has 0 aliphatic rings. The molecule has 2 rings (SSSR count). The van der Waals surface area contributed by atoms with Crippen LogP contribution in [-0.2, 0) is 0 Å². The molecule has 0 atom stereocenters. The fourth-order valence-electron chi connectivity index (χ4n) is 1.97. The lowest BCUT2D eigenvalue weighted by molar-refractivity contribution is 0.303. The van der Waals surface area contributed by atoms with Crippen molar-refractivity contribution in [2.45, 2.75) is 0 Å². The van der Waals surface area contributed by atoms with E-state index in [0.717, 1.165) is 21.1 Å². The van der Waals surface area contributed by atoms with Gasteiger partial charge in [0.05, 0.1) is 6.61 Å². The second-order valence-electron chi connectivity index (χ2n) is 3.93. The van der Waals surface area contributed by atoms with Gasteiger partial charge in [-0.15, -0.1) is 6.58 Å². The molecule has 0 saturated carbocycles. The number of nitrogens with zero attached hydrogens (tertiary/aromatic N) is 2. The van der Waals surface area contributed by atoms with Gasteiger partial charge in [-0.2, -0.15) is 0 Å². The van der Waals surface area contributed by atoms with Crippen LogP contribution in [0.4, 0.5) is 5.82 Å². The zero-order chi connectivity index (χ0) is 13.0. The van der Waals surface area contributed by atoms with E-state index in [1.54, 1.807) is 6.20 Å². The lowest BCUT2D eigenvalue weighted by atomic mass is 10.1. The van der Waals surface area contributed by atoms with Gasteiger partial charge in [0.2, 0.25) is 0 Å². The van der Waals surface area contributed by atoms with E-state index in [-0.39, 0.29) is 6.61 Å². The molecule has 0 bridgehead atoms. The van der Waals surface area contributed by atoms with E-state index in [0.29, 0.717) is 13.1 Å². The highest BCUT2D eigenvalue weighted by Gasteiger charge is 2.10. The molecule has 4 heteroatoms. The molecule has 0 spiro atoms. The Bertz CT molecular complexity index is 556. The van der Waals surface area contributed by atoms with Gasteiger partial charge in [-0.25, -0.2) is 4.98 Å². The molecule has 2 aromatic rings. The monoisotopic (exact) mass is 306 g/mol. The SMILES string of the molecule is C=CCN(CCO)c1nccc2c(Br)cccc12. The van der Waals surface area contributed by atoms with E-state index in [2.05, 4.69) is 27.5 Å². The van der Waals surface area contributed by atoms with E-state index in [1.165, 1.54) is 0 Å². The highest BCUT2D eigenvalue weighted by Crippen LogP contribution is 2.29. The molecule has 18 heavy (non-hydrogen) atoms. The molecular formula is C14H15BrN2O. The number of pyridine rings is 1. The molecule has 0 fully saturated rings. The summed E-state index contributed by atoms with van der Waals surface area (Å²) in [6.07, 6.45) is 3.60. The number of anilines is 1. The Labute approximate surface area is 115 Å². The third-order valence-corrected chi connectivity index (χ3v) is 3.44. The first kappa shape index (κ1) is 13.1. The highest BCUT2D eigenvalue weighted by molar-refractivity contribution is 9.10. The minimum absolute atomic E-state index is 0.0971. The first-order valence-corrected chi connectivity index (χ1v) is 6.57. The van der Waals surface area contributed by atoms with E-state index >= 15 is 0 Å². The Hall–Kier alpha value is -1.39. The zero-order valence-electron chi connectivity index (χ0n) is 10.0. The van der Waals surface area contributed by atoms with Gasteiger partial charge in [0.25, 0.3) is 0 Å². The Morgan fingerprint density at radius 2 is 2.17 bits per heavy atom. The second kappa shape index (κ2) is 5.98. The maximum atomic E-state index is 9.14. The number of aromatic nitrogens is 1. The van der Waals surface area contributed by atoms with Crippen LogP contribution >= 0.6 is 15.9 Å². The maximum absolute atomic E-state index is 9.14. The van der Waals surface area contributed by atoms with Crippen LogP contribution in [0.1, 0.15) is 0 Å². The normalized spacial score (nSPS) is 10.6. The van der Waals surface area contributed by atoms with Crippen molar-refractivity contribution >= 4 is 32.5 Å². The van der Waals surface area contributed by atoms with Gasteiger partial charge in [0.15, 0.2) is 0 Å². The Kier molecular flexibility index (Phi) is 4.33. The molecule has 3 nitrogen and oxygen atoms in total. The number of aliphatic hydroxyl groups excluding tert-OH is 1. The predicted octanol–water partition coefficient (Wildman–Crippen LogP) is 2.98. The van der Waals surface area contributed by atoms with Crippen LogP contribution in [0, 0.1) is 0 Å². The van der Waals surface area contributed by atoms with Crippen LogP contribution in [0.3, 0.4) is 0 Å². The Morgan fingerprint density at radius 1 is 1.33 bits per heavy atom. The fourth-order valence-corrected chi connectivity index (χ4v) is 2.46. The molecule has 0 radical (unpaired) electrons. The number of halogens is 1. The van der Waals surface area contributed by atoms with Crippen LogP contribution in [0.15, 0.2) is 47.6 Å². The number of rotatable bonds is 5. The first-order chi connectivity index (χ1) is 8.77. The number of hydrogen-bond donors (Lipinski definition) is 1. The van der Waals surface area contributed by atoms with Crippen molar-refractivity contribution in [2.75, 3.05) is 24.6 Å². The molecule has 1 aromatic carbocycles. The van der Waals surface area contributed by atoms with Crippen molar-refractivity contribution in [1.82, 2.24) is 4.98 Å². The van der Waals surface area contributed by atoms with E-state index in [1.807, 2.05) is 35.2 Å². The molecule has 1 heterocycles. The summed E-state index contributed by atoms with van der Waals surface area (Å²) >= 11 is 3.54. The fraction of sp³-hybridized carbons (Fsp3) is 0.214. The summed E-state index contributed by atoms with van der Waals surface area (Å²) in [6, 6.07) is 8.02. The van der Waals surface area contributed by atoms with E-state index < -0.39 is 0 Å². The summed E-state index contributed by atoms with van der Waals surface area (Å²) in [5.41, 5.74) is 0. The molecule has 1 aromatic heterocycles. The Morgan fingerprint density at radius 3 is 2.89 bits per heavy atom. The lowest BCUT2D eigenvalue weighted by Gasteiger charge is -2.22. The van der Waals surface area contributed by atoms with Gasteiger partial charge in [-0.3, -0.25) is 0 Å². The molecule has 94 valence electrons. The highest BCUT2D eigenvalue weighted by atomic mass is 79.9. The minimum Gasteiger partial charge on any atom is -0.395 e. The maximum Gasteiger partial charge on any atom is 0.136 e. The van der Waals surface area contributed by atoms with Crippen molar-refractivity contribution in [3.63, 3.8) is 0 Å². The van der Waals surface area contributed by atoms with Gasteiger partial charge >= 0.3 is 0 Å². The number of hydrogen-bond acceptors (Lipinski definition) is 3. The van der Waals surface area contributed by atoms with Crippen molar-refractivity contribution in [3.05, 3.63) is 47.6 Å². The molecule has 1 N–H and O–H groups in total. The summed E-state index contributed by atoms with van der Waals surface area (Å²) in [5.74, 6) is 0.878. The lowest BCUT2D eigenvalue weighted by Crippen LogP contribution is -2.27. The van der Waals surface area contributed by atoms with Crippen LogP contribution < -0.4 is 4.90 Å². The third-order valence-electron chi connectivity index (χ3n) is 2.75. The van der Waals surface area contributed by atoms with Crippen LogP contribution in [-0.4, -0.2) is 29.8 Å². The average molecular weight is 307 g/mol. The van der Waals surface area contributed by atoms with Gasteiger partial charge in [-0.05, 0) is 12.1 Å². The van der Waals surface area contributed by atoms with Crippen molar-refractivity contribution in [3.8, 4) is 0 Å². The van der Waals surface area contributed by atoms with Gasteiger partial charge < -0.3 is 10.0 Å². The zero-order valence-corrected chi connectivity index (χ0v) is 11.6. The second-order valence-corrected chi connectivity index (χ2v) is 4.78. The standard InChI is InChI=1S/C14H15BrN2O/c1-2-8-17(9-10-18)14-12-4-3-5-13(15)11(12)6-7-16-14/h2-7,18H,1,8-10H2.